The van der Waals surface area contributed by atoms with Crippen LogP contribution in [0.2, 0.25) is 0 Å². The van der Waals surface area contributed by atoms with Crippen LogP contribution in [-0.4, -0.2) is 51.1 Å². The minimum absolute atomic E-state index is 0.165. The Morgan fingerprint density at radius 2 is 1.90 bits per heavy atom. The maximum absolute atomic E-state index is 11.9. The second-order valence-electron chi connectivity index (χ2n) is 5.51. The fraction of sp³-hybridized carbons (Fsp3) is 0.933. The highest BCUT2D eigenvalue weighted by molar-refractivity contribution is 5.80. The highest BCUT2D eigenvalue weighted by atomic mass is 16.5. The maximum Gasteiger partial charge on any atom is 0.325 e. The molecular formula is C15H29NO4. The third-order valence-corrected chi connectivity index (χ3v) is 3.53. The normalized spacial score (nSPS) is 17.8. The van der Waals surface area contributed by atoms with Crippen molar-refractivity contribution < 1.29 is 19.0 Å². The van der Waals surface area contributed by atoms with Gasteiger partial charge >= 0.3 is 5.97 Å². The number of carbonyl (C=O) groups is 1. The van der Waals surface area contributed by atoms with Crippen LogP contribution in [0.5, 0.6) is 0 Å². The molecule has 1 aliphatic rings. The van der Waals surface area contributed by atoms with Gasteiger partial charge in [0.05, 0.1) is 20.3 Å². The molecule has 0 aromatic carbocycles. The van der Waals surface area contributed by atoms with Crippen LogP contribution in [0.25, 0.3) is 0 Å². The molecular weight excluding hydrogens is 258 g/mol. The molecule has 0 spiro atoms. The molecule has 0 aromatic rings. The molecule has 0 saturated heterocycles. The Morgan fingerprint density at radius 3 is 2.50 bits per heavy atom. The van der Waals surface area contributed by atoms with Crippen LogP contribution in [0.3, 0.4) is 0 Å². The van der Waals surface area contributed by atoms with Crippen molar-refractivity contribution in [2.45, 2.75) is 57.5 Å². The number of rotatable bonds is 12. The quantitative estimate of drug-likeness (QED) is 0.439. The first-order valence-electron chi connectivity index (χ1n) is 7.64. The fourth-order valence-corrected chi connectivity index (χ4v) is 2.18. The van der Waals surface area contributed by atoms with Gasteiger partial charge in [0.2, 0.25) is 0 Å². The third kappa shape index (κ3) is 6.68. The van der Waals surface area contributed by atoms with E-state index in [0.717, 1.165) is 38.7 Å². The van der Waals surface area contributed by atoms with Gasteiger partial charge in [-0.05, 0) is 46.0 Å². The summed E-state index contributed by atoms with van der Waals surface area (Å²) in [5.41, 5.74) is -0.554. The monoisotopic (exact) mass is 287 g/mol. The van der Waals surface area contributed by atoms with Gasteiger partial charge in [0.15, 0.2) is 0 Å². The van der Waals surface area contributed by atoms with Gasteiger partial charge in [0, 0.05) is 19.3 Å². The number of carbonyl (C=O) groups excluding carboxylic acids is 1. The lowest BCUT2D eigenvalue weighted by Gasteiger charge is -2.28. The Morgan fingerprint density at radius 1 is 1.20 bits per heavy atom. The van der Waals surface area contributed by atoms with E-state index in [-0.39, 0.29) is 5.97 Å². The fourth-order valence-electron chi connectivity index (χ4n) is 2.18. The maximum atomic E-state index is 11.9. The van der Waals surface area contributed by atoms with Crippen LogP contribution in [0, 0.1) is 0 Å². The molecule has 5 heteroatoms. The molecule has 20 heavy (non-hydrogen) atoms. The van der Waals surface area contributed by atoms with Gasteiger partial charge in [-0.25, -0.2) is 0 Å². The Kier molecular flexibility index (Phi) is 8.11. The van der Waals surface area contributed by atoms with E-state index in [1.54, 1.807) is 0 Å². The molecule has 5 nitrogen and oxygen atoms in total. The zero-order chi connectivity index (χ0) is 14.8. The molecule has 1 atom stereocenters. The van der Waals surface area contributed by atoms with Gasteiger partial charge in [0.25, 0.3) is 0 Å². The highest BCUT2D eigenvalue weighted by Gasteiger charge is 2.38. The predicted molar refractivity (Wildman–Crippen MR) is 77.7 cm³/mol. The highest BCUT2D eigenvalue weighted by Crippen LogP contribution is 2.26. The molecule has 1 saturated carbocycles. The Bertz CT molecular complexity index is 281. The van der Waals surface area contributed by atoms with E-state index < -0.39 is 5.54 Å². The van der Waals surface area contributed by atoms with Crippen LogP contribution in [0.4, 0.5) is 0 Å². The minimum atomic E-state index is -0.554. The van der Waals surface area contributed by atoms with Crippen molar-refractivity contribution in [1.82, 2.24) is 5.32 Å². The molecule has 0 radical (unpaired) electrons. The summed E-state index contributed by atoms with van der Waals surface area (Å²) in [5.74, 6) is -0.165. The van der Waals surface area contributed by atoms with Crippen LogP contribution < -0.4 is 5.32 Å². The minimum Gasteiger partial charge on any atom is -0.468 e. The first-order chi connectivity index (χ1) is 9.62. The lowest BCUT2D eigenvalue weighted by Crippen LogP contribution is -2.51. The Balaban J connectivity index is 2.13. The summed E-state index contributed by atoms with van der Waals surface area (Å²) in [6, 6.07) is 0.488. The number of methoxy groups -OCH3 is 1. The lowest BCUT2D eigenvalue weighted by molar-refractivity contribution is -0.148. The summed E-state index contributed by atoms with van der Waals surface area (Å²) in [7, 11) is 1.45. The van der Waals surface area contributed by atoms with Crippen molar-refractivity contribution in [2.75, 3.05) is 33.5 Å². The van der Waals surface area contributed by atoms with E-state index in [4.69, 9.17) is 14.2 Å². The molecule has 0 heterocycles. The summed E-state index contributed by atoms with van der Waals surface area (Å²) >= 11 is 0. The summed E-state index contributed by atoms with van der Waals surface area (Å²) in [6.45, 7) is 6.65. The molecule has 118 valence electrons. The van der Waals surface area contributed by atoms with E-state index in [1.165, 1.54) is 7.11 Å². The third-order valence-electron chi connectivity index (χ3n) is 3.53. The van der Waals surface area contributed by atoms with E-state index in [2.05, 4.69) is 5.32 Å². The topological polar surface area (TPSA) is 56.8 Å². The molecule has 1 N–H and O–H groups in total. The SMILES string of the molecule is CCOCCOCCCCC(C)(NC1CC1)C(=O)OC. The number of unbranched alkanes of at least 4 members (excludes halogenated alkanes) is 1. The van der Waals surface area contributed by atoms with Crippen molar-refractivity contribution >= 4 is 5.97 Å². The largest absolute Gasteiger partial charge is 0.468 e. The van der Waals surface area contributed by atoms with Crippen LogP contribution in [-0.2, 0) is 19.0 Å². The van der Waals surface area contributed by atoms with Crippen LogP contribution in [0.15, 0.2) is 0 Å². The number of nitrogens with one attached hydrogen (secondary N) is 1. The first-order valence-corrected chi connectivity index (χ1v) is 7.64. The van der Waals surface area contributed by atoms with Crippen molar-refractivity contribution in [3.8, 4) is 0 Å². The average molecular weight is 287 g/mol. The number of esters is 1. The van der Waals surface area contributed by atoms with Gasteiger partial charge in [0.1, 0.15) is 5.54 Å². The standard InChI is InChI=1S/C15H29NO4/c1-4-19-11-12-20-10-6-5-9-15(2,14(17)18-3)16-13-7-8-13/h13,16H,4-12H2,1-3H3. The molecule has 1 rings (SSSR count). The van der Waals surface area contributed by atoms with E-state index in [9.17, 15) is 4.79 Å². The Hall–Kier alpha value is -0.650. The van der Waals surface area contributed by atoms with Gasteiger partial charge in [-0.1, -0.05) is 0 Å². The summed E-state index contributed by atoms with van der Waals surface area (Å²) < 4.78 is 15.6. The lowest BCUT2D eigenvalue weighted by atomic mass is 9.94. The van der Waals surface area contributed by atoms with Crippen LogP contribution >= 0.6 is 0 Å². The zero-order valence-electron chi connectivity index (χ0n) is 13.1. The van der Waals surface area contributed by atoms with Crippen molar-refractivity contribution in [1.29, 1.82) is 0 Å². The average Bonchev–Trinajstić information content (AvgIpc) is 3.24. The summed E-state index contributed by atoms with van der Waals surface area (Å²) in [4.78, 5) is 11.9. The van der Waals surface area contributed by atoms with Gasteiger partial charge in [-0.2, -0.15) is 0 Å². The van der Waals surface area contributed by atoms with Crippen molar-refractivity contribution in [2.24, 2.45) is 0 Å². The van der Waals surface area contributed by atoms with Crippen LogP contribution in [0.1, 0.15) is 46.0 Å². The number of ether oxygens (including phenoxy) is 3. The van der Waals surface area contributed by atoms with Crippen molar-refractivity contribution in [3.63, 3.8) is 0 Å². The Labute approximate surface area is 122 Å². The smallest absolute Gasteiger partial charge is 0.325 e. The number of hydrogen-bond donors (Lipinski definition) is 1. The van der Waals surface area contributed by atoms with E-state index in [0.29, 0.717) is 25.9 Å². The number of hydrogen-bond acceptors (Lipinski definition) is 5. The molecule has 1 fully saturated rings. The molecule has 1 unspecified atom stereocenters. The van der Waals surface area contributed by atoms with E-state index >= 15 is 0 Å². The molecule has 0 bridgehead atoms. The van der Waals surface area contributed by atoms with E-state index in [1.807, 2.05) is 13.8 Å². The predicted octanol–water partition coefficient (Wildman–Crippen LogP) is 1.89. The second-order valence-corrected chi connectivity index (χ2v) is 5.51. The summed E-state index contributed by atoms with van der Waals surface area (Å²) in [5, 5.41) is 3.40. The zero-order valence-corrected chi connectivity index (χ0v) is 13.1. The van der Waals surface area contributed by atoms with Gasteiger partial charge in [-0.15, -0.1) is 0 Å². The molecule has 0 aromatic heterocycles. The van der Waals surface area contributed by atoms with Gasteiger partial charge in [-0.3, -0.25) is 10.1 Å². The molecule has 0 amide bonds. The molecule has 1 aliphatic carbocycles. The van der Waals surface area contributed by atoms with Gasteiger partial charge < -0.3 is 14.2 Å². The second kappa shape index (κ2) is 9.32. The molecule has 0 aliphatic heterocycles. The first kappa shape index (κ1) is 17.4. The van der Waals surface area contributed by atoms with Crippen molar-refractivity contribution in [3.05, 3.63) is 0 Å². The summed E-state index contributed by atoms with van der Waals surface area (Å²) in [6.07, 6.45) is 5.00.